The van der Waals surface area contributed by atoms with Crippen LogP contribution >= 0.6 is 11.3 Å². The van der Waals surface area contributed by atoms with Gasteiger partial charge in [0.25, 0.3) is 0 Å². The first kappa shape index (κ1) is 20.9. The molecule has 0 spiro atoms. The van der Waals surface area contributed by atoms with Gasteiger partial charge in [-0.2, -0.15) is 15.5 Å². The minimum absolute atomic E-state index is 0.350. The Bertz CT molecular complexity index is 1210. The summed E-state index contributed by atoms with van der Waals surface area (Å²) in [5.41, 5.74) is 8.62. The first-order valence-corrected chi connectivity index (χ1v) is 9.76. The Kier molecular flexibility index (Phi) is 6.08. The van der Waals surface area contributed by atoms with Crippen LogP contribution in [0.15, 0.2) is 23.6 Å². The maximum Gasteiger partial charge on any atom is 0.167 e. The first-order chi connectivity index (χ1) is 14.4. The summed E-state index contributed by atoms with van der Waals surface area (Å²) in [6.07, 6.45) is 7.26. The molecule has 3 aromatic rings. The Balaban J connectivity index is 1.89. The molecule has 0 bridgehead atoms. The van der Waals surface area contributed by atoms with Gasteiger partial charge < -0.3 is 15.7 Å². The van der Waals surface area contributed by atoms with Crippen LogP contribution in [-0.2, 0) is 27.1 Å². The quantitative estimate of drug-likeness (QED) is 0.320. The number of hydrazone groups is 1. The highest BCUT2D eigenvalue weighted by Gasteiger charge is 2.19. The molecule has 0 aliphatic carbocycles. The number of rotatable bonds is 8. The van der Waals surface area contributed by atoms with Crippen LogP contribution in [-0.4, -0.2) is 49.6 Å². The Morgan fingerprint density at radius 2 is 2.27 bits per heavy atom. The van der Waals surface area contributed by atoms with Crippen LogP contribution in [0.1, 0.15) is 32.3 Å². The number of nitrogens with two attached hydrogens (primary N) is 1. The third-order valence-electron chi connectivity index (χ3n) is 4.39. The topological polar surface area (TPSA) is 142 Å². The predicted octanol–water partition coefficient (Wildman–Crippen LogP) is 1.55. The van der Waals surface area contributed by atoms with E-state index in [1.165, 1.54) is 23.6 Å². The number of carbonyl (C=O) groups is 1. The highest BCUT2D eigenvalue weighted by atomic mass is 32.1. The summed E-state index contributed by atoms with van der Waals surface area (Å²) in [6.45, 7) is 0.350. The Hall–Kier alpha value is -3.78. The highest BCUT2D eigenvalue weighted by Crippen LogP contribution is 2.29. The lowest BCUT2D eigenvalue weighted by molar-refractivity contribution is 0.111. The largest absolute Gasteiger partial charge is 0.405 e. The van der Waals surface area contributed by atoms with Crippen molar-refractivity contribution >= 4 is 39.9 Å². The van der Waals surface area contributed by atoms with Crippen LogP contribution in [0.2, 0.25) is 0 Å². The average Bonchev–Trinajstić information content (AvgIpc) is 3.33. The van der Waals surface area contributed by atoms with Gasteiger partial charge in [0, 0.05) is 45.0 Å². The van der Waals surface area contributed by atoms with Crippen molar-refractivity contribution in [2.24, 2.45) is 24.9 Å². The van der Waals surface area contributed by atoms with E-state index < -0.39 is 0 Å². The minimum atomic E-state index is 0.350. The molecule has 30 heavy (non-hydrogen) atoms. The zero-order valence-corrected chi connectivity index (χ0v) is 17.6. The number of nitrogens with zero attached hydrogens (tertiary/aromatic N) is 7. The molecule has 3 N–H and O–H groups in total. The van der Waals surface area contributed by atoms with E-state index in [2.05, 4.69) is 21.3 Å². The summed E-state index contributed by atoms with van der Waals surface area (Å²) < 4.78 is 4.14. The highest BCUT2D eigenvalue weighted by molar-refractivity contribution is 7.19. The second-order valence-electron chi connectivity index (χ2n) is 6.63. The molecule has 11 heteroatoms. The number of hydrogen-bond donors (Lipinski definition) is 2. The first-order valence-electron chi connectivity index (χ1n) is 8.94. The van der Waals surface area contributed by atoms with Crippen LogP contribution < -0.4 is 5.73 Å². The summed E-state index contributed by atoms with van der Waals surface area (Å²) in [5, 5.41) is 28.2. The summed E-state index contributed by atoms with van der Waals surface area (Å²) in [6, 6.07) is 2.12. The van der Waals surface area contributed by atoms with E-state index in [9.17, 15) is 10.1 Å². The molecule has 0 aliphatic rings. The number of nitriles is 1. The zero-order valence-electron chi connectivity index (χ0n) is 16.8. The average molecular weight is 424 g/mol. The predicted molar refractivity (Wildman–Crippen MR) is 116 cm³/mol. The van der Waals surface area contributed by atoms with Crippen LogP contribution in [0.25, 0.3) is 10.3 Å². The van der Waals surface area contributed by atoms with E-state index in [4.69, 9.17) is 11.1 Å². The van der Waals surface area contributed by atoms with Crippen molar-refractivity contribution in [3.63, 3.8) is 0 Å². The van der Waals surface area contributed by atoms with Crippen LogP contribution in [0, 0.1) is 16.7 Å². The summed E-state index contributed by atoms with van der Waals surface area (Å²) >= 11 is 1.42. The molecule has 10 nitrogen and oxygen atoms in total. The molecule has 0 fully saturated rings. The fourth-order valence-electron chi connectivity index (χ4n) is 3.01. The van der Waals surface area contributed by atoms with Crippen molar-refractivity contribution in [1.82, 2.24) is 24.3 Å². The lowest BCUT2D eigenvalue weighted by atomic mass is 10.2. The van der Waals surface area contributed by atoms with Gasteiger partial charge in [-0.1, -0.05) is 0 Å². The van der Waals surface area contributed by atoms with Gasteiger partial charge in [0.15, 0.2) is 11.9 Å². The molecular weight excluding hydrogens is 402 g/mol. The fourth-order valence-corrected chi connectivity index (χ4v) is 4.14. The second-order valence-corrected chi connectivity index (χ2v) is 7.72. The molecule has 0 atom stereocenters. The Morgan fingerprint density at radius 1 is 1.50 bits per heavy atom. The zero-order chi connectivity index (χ0) is 21.8. The molecule has 154 valence electrons. The Morgan fingerprint density at radius 3 is 2.93 bits per heavy atom. The molecule has 0 amide bonds. The number of carbonyl (C=O) groups excluding carboxylic acids is 1. The van der Waals surface area contributed by atoms with E-state index in [1.807, 2.05) is 0 Å². The normalized spacial score (nSPS) is 11.5. The number of thiazole rings is 1. The van der Waals surface area contributed by atoms with Crippen molar-refractivity contribution in [2.45, 2.75) is 13.0 Å². The van der Waals surface area contributed by atoms with Gasteiger partial charge in [0.1, 0.15) is 16.8 Å². The van der Waals surface area contributed by atoms with E-state index in [0.717, 1.165) is 16.0 Å². The van der Waals surface area contributed by atoms with Gasteiger partial charge in [-0.25, -0.2) is 4.98 Å². The van der Waals surface area contributed by atoms with Gasteiger partial charge in [0.2, 0.25) is 0 Å². The summed E-state index contributed by atoms with van der Waals surface area (Å²) in [7, 11) is 5.30. The number of aryl methyl sites for hydroxylation is 2. The van der Waals surface area contributed by atoms with E-state index in [-0.39, 0.29) is 0 Å². The van der Waals surface area contributed by atoms with Gasteiger partial charge in [-0.15, -0.1) is 11.3 Å². The van der Waals surface area contributed by atoms with Crippen molar-refractivity contribution in [3.05, 3.63) is 46.0 Å². The van der Waals surface area contributed by atoms with E-state index in [1.54, 1.807) is 47.8 Å². The number of allylic oxidation sites excluding steroid dienone is 1. The lowest BCUT2D eigenvalue weighted by Crippen LogP contribution is -2.12. The number of hydrogen-bond acceptors (Lipinski definition) is 9. The summed E-state index contributed by atoms with van der Waals surface area (Å²) in [4.78, 5) is 16.2. The molecule has 3 heterocycles. The standard InChI is InChI=1S/C19H21N9OS/c1-26(10-15-12(7-21)9-27(2)25-15)23-8-14-16(11-29)28(3)19-18(14)30-17(24-19)6-13(22)4-5-20/h4-5,8-9,11,22H,6,10,20H2,1-3H3/b5-4-,22-13?,23-8-. The summed E-state index contributed by atoms with van der Waals surface area (Å²) in [5.74, 6) is 0. The van der Waals surface area contributed by atoms with Crippen molar-refractivity contribution in [1.29, 1.82) is 10.7 Å². The van der Waals surface area contributed by atoms with Crippen molar-refractivity contribution in [2.75, 3.05) is 7.05 Å². The maximum absolute atomic E-state index is 11.7. The van der Waals surface area contributed by atoms with Crippen molar-refractivity contribution in [3.8, 4) is 6.07 Å². The third kappa shape index (κ3) is 4.13. The number of aldehydes is 1. The molecule has 0 unspecified atom stereocenters. The molecule has 0 aromatic carbocycles. The van der Waals surface area contributed by atoms with E-state index in [0.29, 0.717) is 46.8 Å². The smallest absolute Gasteiger partial charge is 0.167 e. The lowest BCUT2D eigenvalue weighted by Gasteiger charge is -2.10. The molecule has 0 aliphatic heterocycles. The van der Waals surface area contributed by atoms with Gasteiger partial charge in [0.05, 0.1) is 28.7 Å². The second kappa shape index (κ2) is 8.71. The SMILES string of the molecule is CN(Cc1nn(C)cc1C#N)/N=C\c1c(C=O)n(C)c2nc(CC(=N)/C=C\N)sc12. The molecule has 0 saturated heterocycles. The molecule has 3 aromatic heterocycles. The van der Waals surface area contributed by atoms with Gasteiger partial charge in [-0.3, -0.25) is 14.5 Å². The maximum atomic E-state index is 11.7. The number of nitrogens with one attached hydrogen (secondary N) is 1. The van der Waals surface area contributed by atoms with E-state index >= 15 is 0 Å². The Labute approximate surface area is 177 Å². The van der Waals surface area contributed by atoms with Crippen LogP contribution in [0.4, 0.5) is 0 Å². The van der Waals surface area contributed by atoms with Crippen LogP contribution in [0.3, 0.4) is 0 Å². The molecular formula is C19H21N9OS. The third-order valence-corrected chi connectivity index (χ3v) is 5.47. The molecule has 3 rings (SSSR count). The number of fused-ring (bicyclic) bond motifs is 1. The monoisotopic (exact) mass is 423 g/mol. The molecule has 0 radical (unpaired) electrons. The minimum Gasteiger partial charge on any atom is -0.405 e. The molecule has 0 saturated carbocycles. The fraction of sp³-hybridized carbons (Fsp3) is 0.263. The van der Waals surface area contributed by atoms with Gasteiger partial charge in [-0.05, 0) is 12.3 Å². The van der Waals surface area contributed by atoms with Crippen LogP contribution in [0.5, 0.6) is 0 Å². The van der Waals surface area contributed by atoms with Crippen molar-refractivity contribution < 1.29 is 4.79 Å². The van der Waals surface area contributed by atoms with Gasteiger partial charge >= 0.3 is 0 Å². The number of aromatic nitrogens is 4.